The lowest BCUT2D eigenvalue weighted by atomic mass is 10.1. The Balaban J connectivity index is 3.26. The number of carbonyl (C=O) groups excluding carboxylic acids is 1. The van der Waals surface area contributed by atoms with Crippen molar-refractivity contribution in [2.45, 2.75) is 13.3 Å². The maximum absolute atomic E-state index is 13.1. The van der Waals surface area contributed by atoms with Crippen LogP contribution in [0.5, 0.6) is 0 Å². The van der Waals surface area contributed by atoms with Crippen LogP contribution in [0.4, 0.5) is 8.78 Å². The molecular formula is C9H7BrF2O. The van der Waals surface area contributed by atoms with Crippen molar-refractivity contribution in [3.63, 3.8) is 0 Å². The standard InChI is InChI=1S/C9H7BrF2O/c1-2-7(13)5-3-4-6(10)9(12)8(5)11/h3-4H,2H2,1H3. The quantitative estimate of drug-likeness (QED) is 0.580. The van der Waals surface area contributed by atoms with Crippen molar-refractivity contribution in [3.8, 4) is 0 Å². The van der Waals surface area contributed by atoms with Crippen molar-refractivity contribution in [3.05, 3.63) is 33.8 Å². The number of Topliss-reactive ketones (excluding diaryl/α,β-unsaturated/α-hetero) is 1. The second kappa shape index (κ2) is 3.96. The van der Waals surface area contributed by atoms with Gasteiger partial charge in [-0.05, 0) is 28.1 Å². The van der Waals surface area contributed by atoms with Crippen molar-refractivity contribution < 1.29 is 13.6 Å². The number of ketones is 1. The van der Waals surface area contributed by atoms with E-state index in [1.165, 1.54) is 12.1 Å². The molecule has 0 N–H and O–H groups in total. The van der Waals surface area contributed by atoms with Gasteiger partial charge in [0.25, 0.3) is 0 Å². The van der Waals surface area contributed by atoms with Gasteiger partial charge in [-0.1, -0.05) is 6.92 Å². The van der Waals surface area contributed by atoms with E-state index in [4.69, 9.17) is 0 Å². The van der Waals surface area contributed by atoms with E-state index in [1.807, 2.05) is 0 Å². The van der Waals surface area contributed by atoms with E-state index in [-0.39, 0.29) is 16.5 Å². The van der Waals surface area contributed by atoms with Crippen LogP contribution in [0.3, 0.4) is 0 Å². The van der Waals surface area contributed by atoms with Gasteiger partial charge in [0.2, 0.25) is 0 Å². The predicted octanol–water partition coefficient (Wildman–Crippen LogP) is 3.32. The van der Waals surface area contributed by atoms with Crippen molar-refractivity contribution >= 4 is 21.7 Å². The molecule has 13 heavy (non-hydrogen) atoms. The molecule has 1 aromatic carbocycles. The van der Waals surface area contributed by atoms with E-state index in [2.05, 4.69) is 15.9 Å². The third-order valence-corrected chi connectivity index (χ3v) is 2.27. The van der Waals surface area contributed by atoms with Crippen molar-refractivity contribution in [2.75, 3.05) is 0 Å². The minimum Gasteiger partial charge on any atom is -0.294 e. The molecule has 0 aromatic heterocycles. The number of rotatable bonds is 2. The van der Waals surface area contributed by atoms with Crippen LogP contribution < -0.4 is 0 Å². The summed E-state index contributed by atoms with van der Waals surface area (Å²) in [7, 11) is 0. The fourth-order valence-corrected chi connectivity index (χ4v) is 1.24. The first-order valence-electron chi connectivity index (χ1n) is 3.74. The highest BCUT2D eigenvalue weighted by Crippen LogP contribution is 2.21. The zero-order chi connectivity index (χ0) is 10.0. The predicted molar refractivity (Wildman–Crippen MR) is 48.7 cm³/mol. The second-order valence-electron chi connectivity index (χ2n) is 2.50. The van der Waals surface area contributed by atoms with Crippen LogP contribution in [0.15, 0.2) is 16.6 Å². The Morgan fingerprint density at radius 2 is 2.00 bits per heavy atom. The van der Waals surface area contributed by atoms with Crippen molar-refractivity contribution in [1.29, 1.82) is 0 Å². The van der Waals surface area contributed by atoms with Gasteiger partial charge >= 0.3 is 0 Å². The van der Waals surface area contributed by atoms with Gasteiger partial charge in [0.05, 0.1) is 10.0 Å². The Labute approximate surface area is 82.9 Å². The maximum Gasteiger partial charge on any atom is 0.173 e. The summed E-state index contributed by atoms with van der Waals surface area (Å²) in [5.74, 6) is -2.50. The van der Waals surface area contributed by atoms with Crippen LogP contribution >= 0.6 is 15.9 Å². The maximum atomic E-state index is 13.1. The minimum absolute atomic E-state index is 0.0256. The van der Waals surface area contributed by atoms with E-state index in [0.29, 0.717) is 0 Å². The number of benzene rings is 1. The molecule has 0 bridgehead atoms. The molecular weight excluding hydrogens is 242 g/mol. The van der Waals surface area contributed by atoms with Gasteiger partial charge in [-0.2, -0.15) is 0 Å². The van der Waals surface area contributed by atoms with Crippen LogP contribution in [0.25, 0.3) is 0 Å². The first-order chi connectivity index (χ1) is 6.07. The average Bonchev–Trinajstić information content (AvgIpc) is 2.13. The average molecular weight is 249 g/mol. The van der Waals surface area contributed by atoms with Crippen LogP contribution in [0.1, 0.15) is 23.7 Å². The number of carbonyl (C=O) groups is 1. The zero-order valence-corrected chi connectivity index (χ0v) is 8.49. The molecule has 0 heterocycles. The molecule has 0 aliphatic carbocycles. The Kier molecular flexibility index (Phi) is 3.14. The van der Waals surface area contributed by atoms with Gasteiger partial charge < -0.3 is 0 Å². The molecule has 0 spiro atoms. The third kappa shape index (κ3) is 1.94. The van der Waals surface area contributed by atoms with Crippen LogP contribution in [0, 0.1) is 11.6 Å². The molecule has 0 amide bonds. The van der Waals surface area contributed by atoms with Crippen molar-refractivity contribution in [1.82, 2.24) is 0 Å². The summed E-state index contributed by atoms with van der Waals surface area (Å²) < 4.78 is 26.0. The molecule has 0 unspecified atom stereocenters. The van der Waals surface area contributed by atoms with Gasteiger partial charge in [-0.3, -0.25) is 4.79 Å². The largest absolute Gasteiger partial charge is 0.294 e. The Bertz CT molecular complexity index is 350. The van der Waals surface area contributed by atoms with Gasteiger partial charge in [0.15, 0.2) is 17.4 Å². The SMILES string of the molecule is CCC(=O)c1ccc(Br)c(F)c1F. The van der Waals surface area contributed by atoms with E-state index < -0.39 is 17.4 Å². The Morgan fingerprint density at radius 1 is 1.38 bits per heavy atom. The molecule has 1 nitrogen and oxygen atoms in total. The first kappa shape index (κ1) is 10.3. The molecule has 0 atom stereocenters. The first-order valence-corrected chi connectivity index (χ1v) is 4.54. The molecule has 0 saturated heterocycles. The lowest BCUT2D eigenvalue weighted by Crippen LogP contribution is -2.02. The monoisotopic (exact) mass is 248 g/mol. The molecule has 0 aliphatic rings. The molecule has 1 rings (SSSR count). The summed E-state index contributed by atoms with van der Waals surface area (Å²) in [5.41, 5.74) is -0.191. The number of hydrogen-bond acceptors (Lipinski definition) is 1. The molecule has 70 valence electrons. The Hall–Kier alpha value is -0.770. The fourth-order valence-electron chi connectivity index (χ4n) is 0.932. The molecule has 4 heteroatoms. The highest BCUT2D eigenvalue weighted by atomic mass is 79.9. The summed E-state index contributed by atoms with van der Waals surface area (Å²) in [6.07, 6.45) is 0.165. The smallest absolute Gasteiger partial charge is 0.173 e. The lowest BCUT2D eigenvalue weighted by molar-refractivity contribution is 0.0983. The molecule has 0 saturated carbocycles. The molecule has 0 fully saturated rings. The van der Waals surface area contributed by atoms with Gasteiger partial charge in [0, 0.05) is 6.42 Å². The van der Waals surface area contributed by atoms with Crippen LogP contribution in [-0.4, -0.2) is 5.78 Å². The van der Waals surface area contributed by atoms with Crippen LogP contribution in [0.2, 0.25) is 0 Å². The fraction of sp³-hybridized carbons (Fsp3) is 0.222. The van der Waals surface area contributed by atoms with E-state index in [0.717, 1.165) is 0 Å². The van der Waals surface area contributed by atoms with Gasteiger partial charge in [0.1, 0.15) is 0 Å². The summed E-state index contributed by atoms with van der Waals surface area (Å²) in [6.45, 7) is 1.60. The number of halogens is 3. The minimum atomic E-state index is -1.08. The molecule has 0 radical (unpaired) electrons. The Morgan fingerprint density at radius 3 is 2.54 bits per heavy atom. The van der Waals surface area contributed by atoms with Gasteiger partial charge in [-0.15, -0.1) is 0 Å². The topological polar surface area (TPSA) is 17.1 Å². The highest BCUT2D eigenvalue weighted by molar-refractivity contribution is 9.10. The second-order valence-corrected chi connectivity index (χ2v) is 3.35. The lowest BCUT2D eigenvalue weighted by Gasteiger charge is -2.02. The normalized spacial score (nSPS) is 10.2. The van der Waals surface area contributed by atoms with E-state index in [1.54, 1.807) is 6.92 Å². The van der Waals surface area contributed by atoms with Gasteiger partial charge in [-0.25, -0.2) is 8.78 Å². The van der Waals surface area contributed by atoms with E-state index in [9.17, 15) is 13.6 Å². The van der Waals surface area contributed by atoms with Crippen LogP contribution in [-0.2, 0) is 0 Å². The summed E-state index contributed by atoms with van der Waals surface area (Å²) >= 11 is 2.82. The summed E-state index contributed by atoms with van der Waals surface area (Å²) in [4.78, 5) is 11.1. The highest BCUT2D eigenvalue weighted by Gasteiger charge is 2.15. The van der Waals surface area contributed by atoms with Crippen molar-refractivity contribution in [2.24, 2.45) is 0 Å². The number of hydrogen-bond donors (Lipinski definition) is 0. The summed E-state index contributed by atoms with van der Waals surface area (Å²) in [5, 5.41) is 0. The molecule has 1 aromatic rings. The van der Waals surface area contributed by atoms with E-state index >= 15 is 0 Å². The summed E-state index contributed by atoms with van der Waals surface area (Å²) in [6, 6.07) is 2.59. The zero-order valence-electron chi connectivity index (χ0n) is 6.90. The molecule has 0 aliphatic heterocycles. The third-order valence-electron chi connectivity index (χ3n) is 1.66.